The van der Waals surface area contributed by atoms with Gasteiger partial charge in [-0.3, -0.25) is 4.79 Å². The normalized spacial score (nSPS) is 13.7. The molecular weight excluding hydrogens is 431 g/mol. The second-order valence-corrected chi connectivity index (χ2v) is 6.90. The molecule has 2 N–H and O–H groups in total. The van der Waals surface area contributed by atoms with Crippen molar-refractivity contribution in [3.63, 3.8) is 0 Å². The molecule has 0 aliphatic heterocycles. The average molecular weight is 450 g/mol. The van der Waals surface area contributed by atoms with Crippen molar-refractivity contribution in [2.45, 2.75) is 19.7 Å². The second kappa shape index (κ2) is 9.70. The molecule has 5 nitrogen and oxygen atoms in total. The Labute approximate surface area is 182 Å². The standard InChI is InChI=1S/C22H19ClF3N3O2/c1-2-27-21(30)15-6-3-5-14(11-15)19-12-17(13-20(23)29-19)28-16-7-4-8-18(10-9-16)31-22(24,25)26/h3,5-13H,2,4H2,1H3,(H,27,30)(H,28,29). The molecule has 1 amide bonds. The first kappa shape index (κ1) is 22.4. The molecule has 31 heavy (non-hydrogen) atoms. The first-order chi connectivity index (χ1) is 14.7. The Kier molecular flexibility index (Phi) is 7.02. The molecule has 1 aliphatic rings. The van der Waals surface area contributed by atoms with E-state index in [0.717, 1.165) is 0 Å². The molecule has 0 saturated carbocycles. The van der Waals surface area contributed by atoms with E-state index in [-0.39, 0.29) is 23.2 Å². The van der Waals surface area contributed by atoms with Crippen molar-refractivity contribution >= 4 is 23.2 Å². The van der Waals surface area contributed by atoms with Crippen molar-refractivity contribution in [2.75, 3.05) is 11.9 Å². The van der Waals surface area contributed by atoms with Crippen LogP contribution >= 0.6 is 11.6 Å². The summed E-state index contributed by atoms with van der Waals surface area (Å²) < 4.78 is 41.2. The summed E-state index contributed by atoms with van der Waals surface area (Å²) in [5.74, 6) is -0.473. The van der Waals surface area contributed by atoms with Crippen LogP contribution in [0.5, 0.6) is 0 Å². The van der Waals surface area contributed by atoms with Gasteiger partial charge in [0.1, 0.15) is 10.9 Å². The third kappa shape index (κ3) is 6.62. The SMILES string of the molecule is CCNC(=O)c1cccc(-c2cc(NC3=CCC=C(OC(F)(F)F)C=C3)cc(Cl)n2)c1. The Morgan fingerprint density at radius 3 is 2.74 bits per heavy atom. The van der Waals surface area contributed by atoms with Crippen LogP contribution in [0.4, 0.5) is 18.9 Å². The number of aromatic nitrogens is 1. The van der Waals surface area contributed by atoms with E-state index in [1.807, 2.05) is 6.92 Å². The molecule has 2 aromatic rings. The molecule has 162 valence electrons. The van der Waals surface area contributed by atoms with Gasteiger partial charge in [0.15, 0.2) is 0 Å². The molecule has 1 heterocycles. The number of rotatable bonds is 6. The van der Waals surface area contributed by atoms with Crippen molar-refractivity contribution in [3.8, 4) is 11.3 Å². The molecule has 0 spiro atoms. The van der Waals surface area contributed by atoms with Gasteiger partial charge in [0, 0.05) is 29.1 Å². The Morgan fingerprint density at radius 1 is 1.19 bits per heavy atom. The predicted molar refractivity (Wildman–Crippen MR) is 113 cm³/mol. The number of benzene rings is 1. The average Bonchev–Trinajstić information content (AvgIpc) is 2.91. The predicted octanol–water partition coefficient (Wildman–Crippen LogP) is 5.83. The maximum Gasteiger partial charge on any atom is 0.573 e. The molecule has 1 aromatic heterocycles. The highest BCUT2D eigenvalue weighted by Crippen LogP contribution is 2.27. The highest BCUT2D eigenvalue weighted by molar-refractivity contribution is 6.29. The van der Waals surface area contributed by atoms with Gasteiger partial charge >= 0.3 is 6.36 Å². The van der Waals surface area contributed by atoms with E-state index in [4.69, 9.17) is 11.6 Å². The van der Waals surface area contributed by atoms with E-state index in [0.29, 0.717) is 34.8 Å². The third-order valence-corrected chi connectivity index (χ3v) is 4.35. The first-order valence-electron chi connectivity index (χ1n) is 9.41. The maximum atomic E-state index is 12.4. The van der Waals surface area contributed by atoms with Gasteiger partial charge in [0.25, 0.3) is 5.91 Å². The van der Waals surface area contributed by atoms with Crippen molar-refractivity contribution in [1.29, 1.82) is 0 Å². The second-order valence-electron chi connectivity index (χ2n) is 6.51. The number of hydrogen-bond donors (Lipinski definition) is 2. The first-order valence-corrected chi connectivity index (χ1v) is 9.78. The molecule has 1 aromatic carbocycles. The van der Waals surface area contributed by atoms with Gasteiger partial charge in [-0.25, -0.2) is 4.98 Å². The number of pyridine rings is 1. The van der Waals surface area contributed by atoms with Gasteiger partial charge in [-0.15, -0.1) is 13.2 Å². The lowest BCUT2D eigenvalue weighted by Crippen LogP contribution is -2.22. The summed E-state index contributed by atoms with van der Waals surface area (Å²) in [5, 5.41) is 6.08. The van der Waals surface area contributed by atoms with Crippen molar-refractivity contribution < 1.29 is 22.7 Å². The number of nitrogens with one attached hydrogen (secondary N) is 2. The zero-order valence-corrected chi connectivity index (χ0v) is 17.2. The Morgan fingerprint density at radius 2 is 2.00 bits per heavy atom. The van der Waals surface area contributed by atoms with Crippen LogP contribution in [0.3, 0.4) is 0 Å². The lowest BCUT2D eigenvalue weighted by Gasteiger charge is -2.11. The van der Waals surface area contributed by atoms with E-state index in [1.54, 1.807) is 42.5 Å². The van der Waals surface area contributed by atoms with E-state index in [9.17, 15) is 18.0 Å². The number of carbonyl (C=O) groups excluding carboxylic acids is 1. The maximum absolute atomic E-state index is 12.4. The minimum absolute atomic E-state index is 0.192. The smallest absolute Gasteiger partial charge is 0.406 e. The van der Waals surface area contributed by atoms with Crippen molar-refractivity contribution in [1.82, 2.24) is 10.3 Å². The molecule has 0 unspecified atom stereocenters. The van der Waals surface area contributed by atoms with Crippen LogP contribution in [0.15, 0.2) is 72.2 Å². The third-order valence-electron chi connectivity index (χ3n) is 4.16. The molecule has 0 bridgehead atoms. The number of ether oxygens (including phenoxy) is 1. The lowest BCUT2D eigenvalue weighted by atomic mass is 10.1. The number of hydrogen-bond acceptors (Lipinski definition) is 4. The summed E-state index contributed by atoms with van der Waals surface area (Å²) in [7, 11) is 0. The van der Waals surface area contributed by atoms with Gasteiger partial charge in [0.2, 0.25) is 0 Å². The van der Waals surface area contributed by atoms with Crippen LogP contribution in [-0.4, -0.2) is 23.8 Å². The van der Waals surface area contributed by atoms with Crippen LogP contribution in [0, 0.1) is 0 Å². The van der Waals surface area contributed by atoms with E-state index in [2.05, 4.69) is 20.4 Å². The topological polar surface area (TPSA) is 63.2 Å². The number of allylic oxidation sites excluding steroid dienone is 4. The van der Waals surface area contributed by atoms with Crippen LogP contribution < -0.4 is 10.6 Å². The van der Waals surface area contributed by atoms with E-state index in [1.165, 1.54) is 18.2 Å². The van der Waals surface area contributed by atoms with E-state index < -0.39 is 6.36 Å². The molecule has 1 aliphatic carbocycles. The Balaban J connectivity index is 1.80. The molecule has 0 fully saturated rings. The van der Waals surface area contributed by atoms with Gasteiger partial charge in [-0.2, -0.15) is 0 Å². The molecule has 0 atom stereocenters. The summed E-state index contributed by atoms with van der Waals surface area (Å²) in [6, 6.07) is 10.3. The fraction of sp³-hybridized carbons (Fsp3) is 0.182. The van der Waals surface area contributed by atoms with Crippen LogP contribution in [0.25, 0.3) is 11.3 Å². The zero-order valence-electron chi connectivity index (χ0n) is 16.5. The Bertz CT molecular complexity index is 1060. The summed E-state index contributed by atoms with van der Waals surface area (Å²) in [5.41, 5.74) is 2.89. The Hall–Kier alpha value is -3.26. The molecule has 0 saturated heterocycles. The molecular formula is C22H19ClF3N3O2. The van der Waals surface area contributed by atoms with Crippen molar-refractivity contribution in [3.05, 3.63) is 82.9 Å². The highest BCUT2D eigenvalue weighted by Gasteiger charge is 2.31. The van der Waals surface area contributed by atoms with Crippen molar-refractivity contribution in [2.24, 2.45) is 0 Å². The monoisotopic (exact) mass is 449 g/mol. The summed E-state index contributed by atoms with van der Waals surface area (Å²) in [6.07, 6.45) is 1.27. The quantitative estimate of drug-likeness (QED) is 0.545. The minimum atomic E-state index is -4.75. The molecule has 9 heteroatoms. The number of nitrogens with zero attached hydrogens (tertiary/aromatic N) is 1. The van der Waals surface area contributed by atoms with Crippen LogP contribution in [0.2, 0.25) is 5.15 Å². The van der Waals surface area contributed by atoms with Crippen LogP contribution in [-0.2, 0) is 4.74 Å². The molecule has 3 rings (SSSR count). The number of alkyl halides is 3. The van der Waals surface area contributed by atoms with Gasteiger partial charge < -0.3 is 15.4 Å². The zero-order chi connectivity index (χ0) is 22.4. The number of carbonyl (C=O) groups is 1. The van der Waals surface area contributed by atoms with Gasteiger partial charge in [-0.05, 0) is 55.8 Å². The van der Waals surface area contributed by atoms with Gasteiger partial charge in [-0.1, -0.05) is 29.8 Å². The molecule has 0 radical (unpaired) electrons. The van der Waals surface area contributed by atoms with Gasteiger partial charge in [0.05, 0.1) is 5.69 Å². The number of amides is 1. The summed E-state index contributed by atoms with van der Waals surface area (Å²) >= 11 is 6.17. The van der Waals surface area contributed by atoms with Crippen LogP contribution in [0.1, 0.15) is 23.7 Å². The largest absolute Gasteiger partial charge is 0.573 e. The number of anilines is 1. The summed E-state index contributed by atoms with van der Waals surface area (Å²) in [6.45, 7) is 2.35. The minimum Gasteiger partial charge on any atom is -0.406 e. The highest BCUT2D eigenvalue weighted by atomic mass is 35.5. The van der Waals surface area contributed by atoms with E-state index >= 15 is 0 Å². The fourth-order valence-corrected chi connectivity index (χ4v) is 3.09. The number of halogens is 4. The summed E-state index contributed by atoms with van der Waals surface area (Å²) in [4.78, 5) is 16.4. The lowest BCUT2D eigenvalue weighted by molar-refractivity contribution is -0.303. The fourth-order valence-electron chi connectivity index (χ4n) is 2.88.